The number of halogens is 1. The summed E-state index contributed by atoms with van der Waals surface area (Å²) in [5.74, 6) is -5.17. The molecule has 0 spiro atoms. The average Bonchev–Trinajstić information content (AvgIpc) is 4.00. The van der Waals surface area contributed by atoms with Gasteiger partial charge in [-0.2, -0.15) is 0 Å². The van der Waals surface area contributed by atoms with E-state index in [0.717, 1.165) is 10.5 Å². The Morgan fingerprint density at radius 3 is 2.34 bits per heavy atom. The fourth-order valence-electron chi connectivity index (χ4n) is 10.0. The highest BCUT2D eigenvalue weighted by Gasteiger charge is 2.46. The van der Waals surface area contributed by atoms with Crippen molar-refractivity contribution in [3.63, 3.8) is 0 Å². The minimum absolute atomic E-state index is 0.0434. The van der Waals surface area contributed by atoms with Gasteiger partial charge in [0.25, 0.3) is 17.4 Å². The van der Waals surface area contributed by atoms with Crippen LogP contribution < -0.4 is 37.5 Å². The van der Waals surface area contributed by atoms with Gasteiger partial charge in [0.05, 0.1) is 55.3 Å². The van der Waals surface area contributed by atoms with Crippen molar-refractivity contribution in [1.82, 2.24) is 46.4 Å². The van der Waals surface area contributed by atoms with Crippen molar-refractivity contribution < 1.29 is 62.4 Å². The van der Waals surface area contributed by atoms with Crippen LogP contribution in [0.4, 0.5) is 4.39 Å². The second kappa shape index (κ2) is 23.0. The summed E-state index contributed by atoms with van der Waals surface area (Å²) in [6.45, 7) is 2.65. The number of carbonyl (C=O) groups excluding carboxylic acids is 8. The van der Waals surface area contributed by atoms with E-state index in [0.29, 0.717) is 76.6 Å². The number of ether oxygens (including phenoxy) is 2. The number of carbonyl (C=O) groups is 8. The van der Waals surface area contributed by atoms with Gasteiger partial charge < -0.3 is 50.8 Å². The lowest BCUT2D eigenvalue weighted by Gasteiger charge is -2.35. The number of fused-ring (bicyclic) bond motifs is 5. The van der Waals surface area contributed by atoms with Crippen LogP contribution >= 0.6 is 0 Å². The second-order valence-electron chi connectivity index (χ2n) is 19.5. The lowest BCUT2D eigenvalue weighted by Crippen LogP contribution is -2.52. The van der Waals surface area contributed by atoms with E-state index in [1.165, 1.54) is 29.7 Å². The molecule has 402 valence electrons. The monoisotopic (exact) mass is 1050 g/mol. The number of hydrogen-bond acceptors (Lipinski definition) is 15. The molecule has 3 aliphatic heterocycles. The van der Waals surface area contributed by atoms with Crippen molar-refractivity contribution in [2.75, 3.05) is 39.5 Å². The van der Waals surface area contributed by atoms with Gasteiger partial charge >= 0.3 is 5.97 Å². The number of hydrogen-bond donors (Lipinski definition) is 8. The van der Waals surface area contributed by atoms with E-state index in [1.54, 1.807) is 50.2 Å². The van der Waals surface area contributed by atoms with E-state index in [2.05, 4.69) is 31.9 Å². The number of rotatable bonds is 23. The Balaban J connectivity index is 0.818. The first-order valence-electron chi connectivity index (χ1n) is 25.1. The summed E-state index contributed by atoms with van der Waals surface area (Å²) >= 11 is 0. The molecule has 23 heteroatoms. The summed E-state index contributed by atoms with van der Waals surface area (Å²) < 4.78 is 27.8. The number of nitrogens with zero attached hydrogens (tertiary/aromatic N) is 3. The van der Waals surface area contributed by atoms with Gasteiger partial charge in [-0.05, 0) is 74.3 Å². The molecule has 0 bridgehead atoms. The van der Waals surface area contributed by atoms with E-state index >= 15 is 4.39 Å². The molecular formula is C53H60FN9O13. The Morgan fingerprint density at radius 2 is 1.61 bits per heavy atom. The van der Waals surface area contributed by atoms with E-state index in [9.17, 15) is 53.4 Å². The number of pyridine rings is 2. The van der Waals surface area contributed by atoms with Crippen molar-refractivity contribution >= 4 is 58.2 Å². The largest absolute Gasteiger partial charge is 0.458 e. The van der Waals surface area contributed by atoms with Crippen LogP contribution in [0.25, 0.3) is 22.3 Å². The first kappa shape index (κ1) is 54.5. The quantitative estimate of drug-likeness (QED) is 0.0191. The van der Waals surface area contributed by atoms with Crippen molar-refractivity contribution in [3.8, 4) is 11.4 Å². The lowest BCUT2D eigenvalue weighted by molar-refractivity contribution is -0.172. The maximum absolute atomic E-state index is 15.4. The van der Waals surface area contributed by atoms with Crippen molar-refractivity contribution in [3.05, 3.63) is 110 Å². The smallest absolute Gasteiger partial charge is 0.343 e. The number of aliphatic hydroxyl groups is 2. The third-order valence-electron chi connectivity index (χ3n) is 14.1. The van der Waals surface area contributed by atoms with Gasteiger partial charge in [-0.1, -0.05) is 43.7 Å². The summed E-state index contributed by atoms with van der Waals surface area (Å²) in [5, 5.41) is 39.5. The van der Waals surface area contributed by atoms with Gasteiger partial charge in [-0.15, -0.1) is 0 Å². The molecule has 4 atom stereocenters. The van der Waals surface area contributed by atoms with Gasteiger partial charge in [0.1, 0.15) is 30.9 Å². The SMILES string of the molecule is CC[C@@]1(O)C(=O)OCc2c1cc1n(c2=O)Cc2c-1nc1cc(F)c(C)c3c1c2[C@@H](NC(C)(O)COCNC(=O)CNC(=O)[C@H](Cc1ccccc1)NC(=O)CNC(=O)CNC(=O)CCCCCN1C(=O)C=CC1=O)CC3. The van der Waals surface area contributed by atoms with E-state index in [1.807, 2.05) is 0 Å². The zero-order valence-electron chi connectivity index (χ0n) is 42.3. The number of imide groups is 1. The van der Waals surface area contributed by atoms with Crippen LogP contribution in [0.5, 0.6) is 0 Å². The summed E-state index contributed by atoms with van der Waals surface area (Å²) in [6, 6.07) is 9.98. The third kappa shape index (κ3) is 11.9. The number of benzene rings is 2. The van der Waals surface area contributed by atoms with E-state index < -0.39 is 89.9 Å². The normalized spacial score (nSPS) is 18.3. The van der Waals surface area contributed by atoms with Gasteiger partial charge in [0.15, 0.2) is 5.60 Å². The average molecular weight is 1050 g/mol. The Hall–Kier alpha value is -7.73. The molecule has 0 fully saturated rings. The maximum atomic E-state index is 15.4. The van der Waals surface area contributed by atoms with E-state index in [4.69, 9.17) is 14.5 Å². The predicted octanol–water partition coefficient (Wildman–Crippen LogP) is 0.464. The molecule has 5 heterocycles. The van der Waals surface area contributed by atoms with Gasteiger partial charge in [-0.25, -0.2) is 14.2 Å². The van der Waals surface area contributed by atoms with Crippen molar-refractivity contribution in [2.24, 2.45) is 0 Å². The standard InChI is InChI=1S/C53H60FN9O13/c1-4-53(74)34-20-39-48-32(25-63(39)50(71)33(34)26-76-51(53)72)47-36(15-14-31-29(2)35(54)21-37(60-48)46(31)47)61-52(3,73)27-75-28-58-42(66)23-57-49(70)38(19-30-11-7-5-8-12-30)59-43(67)24-56-41(65)22-55-40(64)13-9-6-10-18-62-44(68)16-17-45(62)69/h5,7-8,11-12,16-17,20-21,36,38,61,73-74H,4,6,9-10,13-15,18-19,22-28H2,1-3H3,(H,55,64)(H,56,65)(H,57,70)(H,58,66)(H,59,67)/t36-,38-,52?,53-/m0/s1. The first-order chi connectivity index (χ1) is 36.3. The van der Waals surface area contributed by atoms with Crippen LogP contribution in [0.1, 0.15) is 97.4 Å². The topological polar surface area (TPSA) is 306 Å². The minimum atomic E-state index is -2.05. The molecule has 0 saturated carbocycles. The third-order valence-corrected chi connectivity index (χ3v) is 14.1. The molecule has 0 saturated heterocycles. The fraction of sp³-hybridized carbons (Fsp3) is 0.434. The summed E-state index contributed by atoms with van der Waals surface area (Å²) in [7, 11) is 0. The molecule has 22 nitrogen and oxygen atoms in total. The van der Waals surface area contributed by atoms with E-state index in [-0.39, 0.29) is 75.2 Å². The molecular weight excluding hydrogens is 990 g/mol. The van der Waals surface area contributed by atoms with Crippen molar-refractivity contribution in [1.29, 1.82) is 0 Å². The zero-order valence-corrected chi connectivity index (χ0v) is 42.3. The number of nitrogens with one attached hydrogen (secondary N) is 6. The Bertz CT molecular complexity index is 3090. The molecule has 76 heavy (non-hydrogen) atoms. The maximum Gasteiger partial charge on any atom is 0.343 e. The Kier molecular flexibility index (Phi) is 16.5. The molecule has 1 unspecified atom stereocenters. The summed E-state index contributed by atoms with van der Waals surface area (Å²) in [5.41, 5.74) is 0.373. The number of cyclic esters (lactones) is 1. The number of amides is 7. The first-order valence-corrected chi connectivity index (χ1v) is 25.1. The second-order valence-corrected chi connectivity index (χ2v) is 19.5. The van der Waals surface area contributed by atoms with Crippen LogP contribution in [0.3, 0.4) is 0 Å². The van der Waals surface area contributed by atoms with Gasteiger partial charge in [0.2, 0.25) is 29.5 Å². The molecule has 4 aliphatic rings. The van der Waals surface area contributed by atoms with Crippen LogP contribution in [0.2, 0.25) is 0 Å². The zero-order chi connectivity index (χ0) is 54.5. The van der Waals surface area contributed by atoms with Crippen molar-refractivity contribution in [2.45, 2.75) is 109 Å². The van der Waals surface area contributed by atoms with Gasteiger partial charge in [-0.3, -0.25) is 48.6 Å². The minimum Gasteiger partial charge on any atom is -0.458 e. The van der Waals surface area contributed by atoms with Crippen LogP contribution in [0.15, 0.2) is 59.4 Å². The van der Waals surface area contributed by atoms with Crippen LogP contribution in [-0.2, 0) is 79.4 Å². The lowest BCUT2D eigenvalue weighted by atomic mass is 9.81. The summed E-state index contributed by atoms with van der Waals surface area (Å²) in [4.78, 5) is 120. The van der Waals surface area contributed by atoms with Gasteiger partial charge in [0, 0.05) is 60.2 Å². The highest BCUT2D eigenvalue weighted by molar-refractivity contribution is 6.12. The number of esters is 1. The Morgan fingerprint density at radius 1 is 0.908 bits per heavy atom. The summed E-state index contributed by atoms with van der Waals surface area (Å²) in [6.07, 6.45) is 4.92. The molecule has 2 aromatic carbocycles. The molecule has 8 rings (SSSR count). The molecule has 4 aromatic rings. The fourth-order valence-corrected chi connectivity index (χ4v) is 10.0. The predicted molar refractivity (Wildman–Crippen MR) is 268 cm³/mol. The highest BCUT2D eigenvalue weighted by Crippen LogP contribution is 2.46. The number of aromatic nitrogens is 2. The van der Waals surface area contributed by atoms with Crippen LogP contribution in [0, 0.1) is 12.7 Å². The molecule has 8 N–H and O–H groups in total. The van der Waals surface area contributed by atoms with Crippen LogP contribution in [-0.4, -0.2) is 123 Å². The number of aryl methyl sites for hydroxylation is 1. The molecule has 7 amide bonds. The molecule has 0 radical (unpaired) electrons. The highest BCUT2D eigenvalue weighted by atomic mass is 19.1. The molecule has 1 aliphatic carbocycles. The molecule has 2 aromatic heterocycles. The number of unbranched alkanes of at least 4 members (excludes halogenated alkanes) is 2. The Labute approximate surface area is 435 Å².